The van der Waals surface area contributed by atoms with Crippen molar-refractivity contribution in [1.82, 2.24) is 0 Å². The van der Waals surface area contributed by atoms with Crippen molar-refractivity contribution in [2.24, 2.45) is 9.98 Å². The third kappa shape index (κ3) is 1.75. The Kier molecular flexibility index (Phi) is 2.99. The molecule has 1 aliphatic heterocycles. The number of rotatable bonds is 2. The lowest BCUT2D eigenvalue weighted by molar-refractivity contribution is 0.385. The number of hydrogen-bond donors (Lipinski definition) is 0. The molecule has 0 spiro atoms. The first kappa shape index (κ1) is 9.88. The van der Waals surface area contributed by atoms with E-state index in [-0.39, 0.29) is 0 Å². The topological polar surface area (TPSA) is 24.7 Å². The monoisotopic (exact) mass is 192 g/mol. The highest BCUT2D eigenvalue weighted by molar-refractivity contribution is 6.42. The van der Waals surface area contributed by atoms with Gasteiger partial charge in [0.1, 0.15) is 0 Å². The van der Waals surface area contributed by atoms with Gasteiger partial charge in [-0.1, -0.05) is 26.7 Å². The minimum absolute atomic E-state index is 0.522. The van der Waals surface area contributed by atoms with Crippen LogP contribution in [0.15, 0.2) is 9.98 Å². The summed E-state index contributed by atoms with van der Waals surface area (Å²) in [7, 11) is 0. The SMILES string of the molecule is CCC1=NC2CCCCC2N=C1CC. The molecule has 1 fully saturated rings. The summed E-state index contributed by atoms with van der Waals surface area (Å²) in [6.07, 6.45) is 7.31. The molecule has 78 valence electrons. The molecule has 0 radical (unpaired) electrons. The largest absolute Gasteiger partial charge is 0.282 e. The van der Waals surface area contributed by atoms with Gasteiger partial charge in [-0.05, 0) is 25.7 Å². The van der Waals surface area contributed by atoms with Crippen molar-refractivity contribution < 1.29 is 0 Å². The predicted octanol–water partition coefficient (Wildman–Crippen LogP) is 3.01. The van der Waals surface area contributed by atoms with E-state index in [0.29, 0.717) is 12.1 Å². The van der Waals surface area contributed by atoms with Crippen LogP contribution in [-0.4, -0.2) is 23.5 Å². The van der Waals surface area contributed by atoms with Crippen LogP contribution < -0.4 is 0 Å². The molecule has 0 bridgehead atoms. The molecule has 1 heterocycles. The molecular weight excluding hydrogens is 172 g/mol. The summed E-state index contributed by atoms with van der Waals surface area (Å²) < 4.78 is 0. The molecule has 1 saturated carbocycles. The predicted molar refractivity (Wildman–Crippen MR) is 61.5 cm³/mol. The van der Waals surface area contributed by atoms with Gasteiger partial charge in [0.05, 0.1) is 23.5 Å². The van der Waals surface area contributed by atoms with Crippen molar-refractivity contribution in [3.05, 3.63) is 0 Å². The Morgan fingerprint density at radius 2 is 1.36 bits per heavy atom. The Bertz CT molecular complexity index is 237. The maximum absolute atomic E-state index is 4.86. The van der Waals surface area contributed by atoms with Crippen LogP contribution in [0.3, 0.4) is 0 Å². The van der Waals surface area contributed by atoms with Crippen LogP contribution >= 0.6 is 0 Å². The van der Waals surface area contributed by atoms with Crippen molar-refractivity contribution >= 4 is 11.4 Å². The minimum atomic E-state index is 0.522. The Balaban J connectivity index is 2.19. The standard InChI is InChI=1S/C12H20N2/c1-3-9-10(4-2)14-12-8-6-5-7-11(12)13-9/h11-12H,3-8H2,1-2H3. The molecule has 2 aliphatic rings. The van der Waals surface area contributed by atoms with Crippen molar-refractivity contribution in [2.45, 2.75) is 64.5 Å². The molecule has 2 nitrogen and oxygen atoms in total. The summed E-state index contributed by atoms with van der Waals surface area (Å²) in [5, 5.41) is 0. The highest BCUT2D eigenvalue weighted by atomic mass is 15.0. The van der Waals surface area contributed by atoms with Crippen LogP contribution in [0.5, 0.6) is 0 Å². The molecule has 0 N–H and O–H groups in total. The fraction of sp³-hybridized carbons (Fsp3) is 0.833. The summed E-state index contributed by atoms with van der Waals surface area (Å²) in [5.74, 6) is 0. The van der Waals surface area contributed by atoms with Crippen molar-refractivity contribution in [3.63, 3.8) is 0 Å². The smallest absolute Gasteiger partial charge is 0.0727 e. The zero-order chi connectivity index (χ0) is 9.97. The second-order valence-electron chi connectivity index (χ2n) is 4.28. The number of nitrogens with zero attached hydrogens (tertiary/aromatic N) is 2. The number of aliphatic imine (C=N–C) groups is 2. The van der Waals surface area contributed by atoms with E-state index < -0.39 is 0 Å². The van der Waals surface area contributed by atoms with E-state index >= 15 is 0 Å². The highest BCUT2D eigenvalue weighted by Crippen LogP contribution is 2.27. The lowest BCUT2D eigenvalue weighted by Gasteiger charge is -2.31. The molecule has 2 atom stereocenters. The minimum Gasteiger partial charge on any atom is -0.282 e. The van der Waals surface area contributed by atoms with Crippen molar-refractivity contribution in [2.75, 3.05) is 0 Å². The van der Waals surface area contributed by atoms with E-state index in [1.54, 1.807) is 0 Å². The van der Waals surface area contributed by atoms with E-state index in [0.717, 1.165) is 12.8 Å². The molecule has 0 amide bonds. The molecule has 0 aromatic rings. The first-order valence-corrected chi connectivity index (χ1v) is 5.98. The molecular formula is C12H20N2. The van der Waals surface area contributed by atoms with E-state index in [4.69, 9.17) is 9.98 Å². The average molecular weight is 192 g/mol. The molecule has 2 rings (SSSR count). The maximum atomic E-state index is 4.86. The van der Waals surface area contributed by atoms with Gasteiger partial charge < -0.3 is 0 Å². The zero-order valence-electron chi connectivity index (χ0n) is 9.29. The molecule has 14 heavy (non-hydrogen) atoms. The van der Waals surface area contributed by atoms with Crippen LogP contribution in [0.1, 0.15) is 52.4 Å². The van der Waals surface area contributed by atoms with E-state index in [2.05, 4.69) is 13.8 Å². The average Bonchev–Trinajstić information content (AvgIpc) is 2.27. The third-order valence-electron chi connectivity index (χ3n) is 3.34. The second-order valence-corrected chi connectivity index (χ2v) is 4.28. The summed E-state index contributed by atoms with van der Waals surface area (Å²) in [6, 6.07) is 1.04. The quantitative estimate of drug-likeness (QED) is 0.642. The number of hydrogen-bond acceptors (Lipinski definition) is 2. The van der Waals surface area contributed by atoms with Gasteiger partial charge in [-0.3, -0.25) is 9.98 Å². The molecule has 0 aromatic heterocycles. The fourth-order valence-electron chi connectivity index (χ4n) is 2.53. The fourth-order valence-corrected chi connectivity index (χ4v) is 2.53. The van der Waals surface area contributed by atoms with Gasteiger partial charge in [0.25, 0.3) is 0 Å². The summed E-state index contributed by atoms with van der Waals surface area (Å²) in [6.45, 7) is 4.38. The Labute approximate surface area is 86.5 Å². The van der Waals surface area contributed by atoms with Crippen LogP contribution in [0, 0.1) is 0 Å². The highest BCUT2D eigenvalue weighted by Gasteiger charge is 2.28. The van der Waals surface area contributed by atoms with Crippen LogP contribution in [0.4, 0.5) is 0 Å². The Morgan fingerprint density at radius 3 is 1.71 bits per heavy atom. The molecule has 0 saturated heterocycles. The van der Waals surface area contributed by atoms with Crippen molar-refractivity contribution in [1.29, 1.82) is 0 Å². The summed E-state index contributed by atoms with van der Waals surface area (Å²) in [4.78, 5) is 9.72. The first-order valence-electron chi connectivity index (χ1n) is 5.98. The van der Waals surface area contributed by atoms with Gasteiger partial charge in [0.2, 0.25) is 0 Å². The molecule has 0 aromatic carbocycles. The summed E-state index contributed by atoms with van der Waals surface area (Å²) >= 11 is 0. The molecule has 2 unspecified atom stereocenters. The van der Waals surface area contributed by atoms with E-state index in [1.807, 2.05) is 0 Å². The van der Waals surface area contributed by atoms with Crippen LogP contribution in [-0.2, 0) is 0 Å². The third-order valence-corrected chi connectivity index (χ3v) is 3.34. The summed E-state index contributed by atoms with van der Waals surface area (Å²) in [5.41, 5.74) is 2.55. The zero-order valence-corrected chi connectivity index (χ0v) is 9.29. The Morgan fingerprint density at radius 1 is 0.929 bits per heavy atom. The van der Waals surface area contributed by atoms with Gasteiger partial charge in [0, 0.05) is 0 Å². The van der Waals surface area contributed by atoms with Crippen LogP contribution in [0.25, 0.3) is 0 Å². The van der Waals surface area contributed by atoms with Gasteiger partial charge in [-0.15, -0.1) is 0 Å². The van der Waals surface area contributed by atoms with Crippen LogP contribution in [0.2, 0.25) is 0 Å². The normalized spacial score (nSPS) is 31.9. The number of fused-ring (bicyclic) bond motifs is 1. The van der Waals surface area contributed by atoms with Gasteiger partial charge >= 0.3 is 0 Å². The maximum Gasteiger partial charge on any atom is 0.0727 e. The lowest BCUT2D eigenvalue weighted by Crippen LogP contribution is -2.35. The van der Waals surface area contributed by atoms with Crippen molar-refractivity contribution in [3.8, 4) is 0 Å². The Hall–Kier alpha value is -0.660. The van der Waals surface area contributed by atoms with E-state index in [1.165, 1.54) is 37.1 Å². The molecule has 1 aliphatic carbocycles. The van der Waals surface area contributed by atoms with Gasteiger partial charge in [-0.2, -0.15) is 0 Å². The lowest BCUT2D eigenvalue weighted by atomic mass is 9.89. The second kappa shape index (κ2) is 4.24. The first-order chi connectivity index (χ1) is 6.85. The van der Waals surface area contributed by atoms with Gasteiger partial charge in [-0.25, -0.2) is 0 Å². The van der Waals surface area contributed by atoms with E-state index in [9.17, 15) is 0 Å². The van der Waals surface area contributed by atoms with Gasteiger partial charge in [0.15, 0.2) is 0 Å². The molecule has 2 heteroatoms.